The van der Waals surface area contributed by atoms with Crippen LogP contribution in [-0.4, -0.2) is 23.8 Å². The van der Waals surface area contributed by atoms with Crippen molar-refractivity contribution >= 4 is 11.9 Å². The molecule has 0 amide bonds. The van der Waals surface area contributed by atoms with E-state index >= 15 is 0 Å². The van der Waals surface area contributed by atoms with Crippen molar-refractivity contribution in [2.24, 2.45) is 5.41 Å². The number of rotatable bonds is 2. The molecule has 5 nitrogen and oxygen atoms in total. The topological polar surface area (TPSA) is 61.8 Å². The van der Waals surface area contributed by atoms with Crippen molar-refractivity contribution in [3.05, 3.63) is 35.9 Å². The Morgan fingerprint density at radius 3 is 2.55 bits per heavy atom. The van der Waals surface area contributed by atoms with Crippen molar-refractivity contribution in [3.8, 4) is 0 Å². The van der Waals surface area contributed by atoms with Gasteiger partial charge in [-0.05, 0) is 32.8 Å². The van der Waals surface area contributed by atoms with E-state index in [1.165, 1.54) is 0 Å². The van der Waals surface area contributed by atoms with Crippen molar-refractivity contribution < 1.29 is 23.8 Å². The maximum atomic E-state index is 12.8. The molecule has 2 bridgehead atoms. The normalized spacial score (nSPS) is 30.8. The summed E-state index contributed by atoms with van der Waals surface area (Å²) in [4.78, 5) is 25.3. The van der Waals surface area contributed by atoms with Gasteiger partial charge >= 0.3 is 11.9 Å². The van der Waals surface area contributed by atoms with E-state index in [1.54, 1.807) is 20.8 Å². The van der Waals surface area contributed by atoms with Crippen LogP contribution < -0.4 is 0 Å². The lowest BCUT2D eigenvalue weighted by atomic mass is 9.71. The molecule has 5 heteroatoms. The van der Waals surface area contributed by atoms with Crippen molar-refractivity contribution in [1.82, 2.24) is 0 Å². The molecule has 0 aromatic heterocycles. The third-order valence-electron chi connectivity index (χ3n) is 3.98. The smallest absolute Gasteiger partial charge is 0.328 e. The lowest BCUT2D eigenvalue weighted by Gasteiger charge is -2.48. The summed E-state index contributed by atoms with van der Waals surface area (Å²) in [7, 11) is 0. The lowest BCUT2D eigenvalue weighted by molar-refractivity contribution is -0.282. The number of hydrogen-bond donors (Lipinski definition) is 0. The SMILES string of the molecule is CC(C)(C)OC(=O)[C@@]12CC[C@@H](OC1=O)O[C@@H]2c1ccccc1. The predicted molar refractivity (Wildman–Crippen MR) is 77.7 cm³/mol. The summed E-state index contributed by atoms with van der Waals surface area (Å²) in [6, 6.07) is 9.29. The second-order valence-corrected chi connectivity index (χ2v) is 6.77. The van der Waals surface area contributed by atoms with E-state index in [1.807, 2.05) is 30.3 Å². The van der Waals surface area contributed by atoms with Gasteiger partial charge in [-0.1, -0.05) is 30.3 Å². The van der Waals surface area contributed by atoms with Gasteiger partial charge in [0.1, 0.15) is 11.7 Å². The van der Waals surface area contributed by atoms with Crippen LogP contribution in [0.1, 0.15) is 45.3 Å². The van der Waals surface area contributed by atoms with Crippen molar-refractivity contribution in [2.75, 3.05) is 0 Å². The highest BCUT2D eigenvalue weighted by atomic mass is 16.7. The minimum Gasteiger partial charge on any atom is -0.459 e. The number of carbonyl (C=O) groups excluding carboxylic acids is 2. The van der Waals surface area contributed by atoms with Crippen molar-refractivity contribution in [1.29, 1.82) is 0 Å². The number of benzene rings is 1. The fourth-order valence-corrected chi connectivity index (χ4v) is 2.99. The summed E-state index contributed by atoms with van der Waals surface area (Å²) >= 11 is 0. The van der Waals surface area contributed by atoms with Gasteiger partial charge in [-0.2, -0.15) is 0 Å². The van der Waals surface area contributed by atoms with Gasteiger partial charge in [0.05, 0.1) is 0 Å². The largest absolute Gasteiger partial charge is 0.459 e. The molecule has 1 aromatic carbocycles. The van der Waals surface area contributed by atoms with Crippen LogP contribution in [0.25, 0.3) is 0 Å². The Hall–Kier alpha value is -1.88. The summed E-state index contributed by atoms with van der Waals surface area (Å²) in [5, 5.41) is 0. The first-order valence-electron chi connectivity index (χ1n) is 7.48. The maximum absolute atomic E-state index is 12.8. The molecule has 3 fully saturated rings. The highest BCUT2D eigenvalue weighted by molar-refractivity contribution is 6.02. The molecule has 0 aliphatic carbocycles. The zero-order chi connectivity index (χ0) is 16.0. The van der Waals surface area contributed by atoms with Gasteiger partial charge in [-0.15, -0.1) is 0 Å². The Bertz CT molecular complexity index is 589. The third-order valence-corrected chi connectivity index (χ3v) is 3.98. The average molecular weight is 304 g/mol. The van der Waals surface area contributed by atoms with Crippen molar-refractivity contribution in [3.63, 3.8) is 0 Å². The molecule has 3 heterocycles. The van der Waals surface area contributed by atoms with Crippen LogP contribution in [0.5, 0.6) is 0 Å². The molecule has 4 rings (SSSR count). The third kappa shape index (κ3) is 2.39. The minimum atomic E-state index is -1.41. The Morgan fingerprint density at radius 2 is 1.95 bits per heavy atom. The fraction of sp³-hybridized carbons (Fsp3) is 0.529. The number of carbonyl (C=O) groups is 2. The predicted octanol–water partition coefficient (Wildman–Crippen LogP) is 2.75. The first-order valence-corrected chi connectivity index (χ1v) is 7.48. The molecular weight excluding hydrogens is 284 g/mol. The average Bonchev–Trinajstić information content (AvgIpc) is 2.46. The molecule has 118 valence electrons. The second kappa shape index (κ2) is 5.09. The monoisotopic (exact) mass is 304 g/mol. The molecule has 3 aliphatic rings. The molecule has 0 spiro atoms. The van der Waals surface area contributed by atoms with E-state index in [0.717, 1.165) is 5.56 Å². The number of hydrogen-bond acceptors (Lipinski definition) is 5. The van der Waals surface area contributed by atoms with E-state index in [4.69, 9.17) is 14.2 Å². The van der Waals surface area contributed by atoms with E-state index < -0.39 is 35.3 Å². The molecule has 0 N–H and O–H groups in total. The highest BCUT2D eigenvalue weighted by Crippen LogP contribution is 2.52. The van der Waals surface area contributed by atoms with Crippen LogP contribution in [0, 0.1) is 5.41 Å². The van der Waals surface area contributed by atoms with Gasteiger partial charge in [0.25, 0.3) is 0 Å². The van der Waals surface area contributed by atoms with E-state index in [0.29, 0.717) is 12.8 Å². The van der Waals surface area contributed by atoms with Gasteiger partial charge in [0.2, 0.25) is 6.29 Å². The zero-order valence-corrected chi connectivity index (χ0v) is 13.0. The molecule has 22 heavy (non-hydrogen) atoms. The summed E-state index contributed by atoms with van der Waals surface area (Å²) in [5.74, 6) is -1.12. The summed E-state index contributed by atoms with van der Waals surface area (Å²) in [6.45, 7) is 5.33. The summed E-state index contributed by atoms with van der Waals surface area (Å²) in [6.07, 6.45) is -0.357. The lowest BCUT2D eigenvalue weighted by Crippen LogP contribution is -2.58. The molecule has 3 atom stereocenters. The molecule has 0 saturated carbocycles. The Morgan fingerprint density at radius 1 is 1.27 bits per heavy atom. The molecule has 1 aromatic rings. The van der Waals surface area contributed by atoms with Crippen LogP contribution in [0.15, 0.2) is 30.3 Å². The first-order chi connectivity index (χ1) is 10.3. The maximum Gasteiger partial charge on any atom is 0.328 e. The van der Waals surface area contributed by atoms with Crippen LogP contribution in [-0.2, 0) is 23.8 Å². The summed E-state index contributed by atoms with van der Waals surface area (Å²) in [5.41, 5.74) is -1.31. The van der Waals surface area contributed by atoms with E-state index in [2.05, 4.69) is 0 Å². The van der Waals surface area contributed by atoms with Gasteiger partial charge in [0.15, 0.2) is 5.41 Å². The first kappa shape index (κ1) is 15.0. The van der Waals surface area contributed by atoms with E-state index in [-0.39, 0.29) is 0 Å². The van der Waals surface area contributed by atoms with Crippen LogP contribution >= 0.6 is 0 Å². The number of ether oxygens (including phenoxy) is 3. The Balaban J connectivity index is 2.02. The quantitative estimate of drug-likeness (QED) is 0.621. The second-order valence-electron chi connectivity index (χ2n) is 6.77. The zero-order valence-electron chi connectivity index (χ0n) is 13.0. The fourth-order valence-electron chi connectivity index (χ4n) is 2.99. The van der Waals surface area contributed by atoms with Gasteiger partial charge in [0, 0.05) is 6.42 Å². The number of fused-ring (bicyclic) bond motifs is 3. The number of esters is 2. The molecule has 3 saturated heterocycles. The van der Waals surface area contributed by atoms with Crippen LogP contribution in [0.2, 0.25) is 0 Å². The molecule has 3 aliphatic heterocycles. The standard InChI is InChI=1S/C17H20O5/c1-16(2,3)22-15(19)17-10-9-12(21-14(17)18)20-13(17)11-7-5-4-6-8-11/h4-8,12-13H,9-10H2,1-3H3/t12-,13-,17-/m1/s1. The van der Waals surface area contributed by atoms with Gasteiger partial charge in [-0.3, -0.25) is 9.59 Å². The molecule has 0 radical (unpaired) electrons. The highest BCUT2D eigenvalue weighted by Gasteiger charge is 2.64. The van der Waals surface area contributed by atoms with Crippen LogP contribution in [0.3, 0.4) is 0 Å². The minimum absolute atomic E-state index is 0.380. The molecule has 0 unspecified atom stereocenters. The van der Waals surface area contributed by atoms with E-state index in [9.17, 15) is 9.59 Å². The summed E-state index contributed by atoms with van der Waals surface area (Å²) < 4.78 is 16.5. The van der Waals surface area contributed by atoms with Crippen LogP contribution in [0.4, 0.5) is 0 Å². The Labute approximate surface area is 129 Å². The Kier molecular flexibility index (Phi) is 3.48. The molecular formula is C17H20O5. The van der Waals surface area contributed by atoms with Gasteiger partial charge in [-0.25, -0.2) is 0 Å². The van der Waals surface area contributed by atoms with Crippen molar-refractivity contribution in [2.45, 2.75) is 51.6 Å². The van der Waals surface area contributed by atoms with Gasteiger partial charge < -0.3 is 14.2 Å².